The summed E-state index contributed by atoms with van der Waals surface area (Å²) in [4.78, 5) is 29.2. The molecule has 148 valence electrons. The largest absolute Gasteiger partial charge is 0.378 e. The molecule has 2 aromatic rings. The van der Waals surface area contributed by atoms with Crippen molar-refractivity contribution in [3.05, 3.63) is 65.2 Å². The van der Waals surface area contributed by atoms with Crippen molar-refractivity contribution in [1.82, 2.24) is 5.32 Å². The lowest BCUT2D eigenvalue weighted by molar-refractivity contribution is -0.122. The molecular formula is C22H21N3O3S. The van der Waals surface area contributed by atoms with Crippen molar-refractivity contribution in [3.63, 3.8) is 0 Å². The average Bonchev–Trinajstić information content (AvgIpc) is 2.73. The molecule has 0 aromatic heterocycles. The number of para-hydroxylation sites is 1. The van der Waals surface area contributed by atoms with E-state index < -0.39 is 11.8 Å². The van der Waals surface area contributed by atoms with Crippen LogP contribution >= 0.6 is 12.2 Å². The van der Waals surface area contributed by atoms with E-state index in [1.54, 1.807) is 6.08 Å². The molecule has 0 aliphatic carbocycles. The Hall–Kier alpha value is -3.03. The van der Waals surface area contributed by atoms with Crippen LogP contribution < -0.4 is 15.1 Å². The van der Waals surface area contributed by atoms with Crippen molar-refractivity contribution in [1.29, 1.82) is 0 Å². The topological polar surface area (TPSA) is 61.9 Å². The monoisotopic (exact) mass is 407 g/mol. The van der Waals surface area contributed by atoms with E-state index in [0.29, 0.717) is 5.69 Å². The maximum absolute atomic E-state index is 13.1. The summed E-state index contributed by atoms with van der Waals surface area (Å²) in [5, 5.41) is 2.72. The summed E-state index contributed by atoms with van der Waals surface area (Å²) in [5.74, 6) is -0.910. The quantitative estimate of drug-likeness (QED) is 0.482. The molecule has 7 heteroatoms. The van der Waals surface area contributed by atoms with Crippen LogP contribution in [-0.4, -0.2) is 43.2 Å². The summed E-state index contributed by atoms with van der Waals surface area (Å²) in [5.41, 5.74) is 3.49. The van der Waals surface area contributed by atoms with Gasteiger partial charge in [0.05, 0.1) is 18.9 Å². The number of rotatable bonds is 3. The van der Waals surface area contributed by atoms with Gasteiger partial charge in [-0.25, -0.2) is 0 Å². The molecule has 0 saturated carbocycles. The molecule has 6 nitrogen and oxygen atoms in total. The number of nitrogens with zero attached hydrogens (tertiary/aromatic N) is 2. The van der Waals surface area contributed by atoms with Gasteiger partial charge >= 0.3 is 0 Å². The number of carbonyl (C=O) groups excluding carboxylic acids is 2. The predicted molar refractivity (Wildman–Crippen MR) is 117 cm³/mol. The Morgan fingerprint density at radius 3 is 2.41 bits per heavy atom. The fourth-order valence-electron chi connectivity index (χ4n) is 3.46. The van der Waals surface area contributed by atoms with Gasteiger partial charge in [0.25, 0.3) is 11.8 Å². The Bertz CT molecular complexity index is 995. The molecule has 0 bridgehead atoms. The molecule has 0 atom stereocenters. The van der Waals surface area contributed by atoms with E-state index in [9.17, 15) is 9.59 Å². The lowest BCUT2D eigenvalue weighted by Crippen LogP contribution is -2.54. The first kappa shape index (κ1) is 19.3. The maximum atomic E-state index is 13.1. The highest BCUT2D eigenvalue weighted by atomic mass is 32.1. The predicted octanol–water partition coefficient (Wildman–Crippen LogP) is 2.66. The smallest absolute Gasteiger partial charge is 0.270 e. The van der Waals surface area contributed by atoms with Gasteiger partial charge in [0.15, 0.2) is 5.11 Å². The van der Waals surface area contributed by atoms with Gasteiger partial charge in [-0.3, -0.25) is 19.8 Å². The van der Waals surface area contributed by atoms with Crippen molar-refractivity contribution in [2.45, 2.75) is 6.92 Å². The van der Waals surface area contributed by atoms with E-state index in [4.69, 9.17) is 17.0 Å². The van der Waals surface area contributed by atoms with Crippen molar-refractivity contribution in [3.8, 4) is 0 Å². The molecule has 0 spiro atoms. The second-order valence-corrected chi connectivity index (χ2v) is 7.32. The Balaban J connectivity index is 1.62. The summed E-state index contributed by atoms with van der Waals surface area (Å²) in [6.07, 6.45) is 1.60. The van der Waals surface area contributed by atoms with E-state index in [0.717, 1.165) is 43.1 Å². The molecule has 2 amide bonds. The van der Waals surface area contributed by atoms with Crippen LogP contribution in [0.4, 0.5) is 11.4 Å². The van der Waals surface area contributed by atoms with Gasteiger partial charge in [0, 0.05) is 18.8 Å². The first-order valence-electron chi connectivity index (χ1n) is 9.44. The van der Waals surface area contributed by atoms with E-state index in [2.05, 4.69) is 10.2 Å². The fourth-order valence-corrected chi connectivity index (χ4v) is 3.73. The number of anilines is 2. The molecule has 2 fully saturated rings. The van der Waals surface area contributed by atoms with Crippen molar-refractivity contribution in [2.75, 3.05) is 36.1 Å². The van der Waals surface area contributed by atoms with Gasteiger partial charge in [-0.2, -0.15) is 0 Å². The van der Waals surface area contributed by atoms with Crippen LogP contribution in [0, 0.1) is 6.92 Å². The number of morpholine rings is 1. The van der Waals surface area contributed by atoms with Crippen LogP contribution in [-0.2, 0) is 14.3 Å². The maximum Gasteiger partial charge on any atom is 0.270 e. The van der Waals surface area contributed by atoms with Gasteiger partial charge in [-0.15, -0.1) is 0 Å². The Morgan fingerprint density at radius 1 is 1.03 bits per heavy atom. The van der Waals surface area contributed by atoms with E-state index >= 15 is 0 Å². The lowest BCUT2D eigenvalue weighted by atomic mass is 10.1. The van der Waals surface area contributed by atoms with Gasteiger partial charge in [0.1, 0.15) is 5.57 Å². The van der Waals surface area contributed by atoms with Gasteiger partial charge in [-0.1, -0.05) is 30.3 Å². The minimum atomic E-state index is -0.484. The molecular weight excluding hydrogens is 386 g/mol. The number of nitrogens with one attached hydrogen (secondary N) is 1. The molecule has 29 heavy (non-hydrogen) atoms. The van der Waals surface area contributed by atoms with Crippen LogP contribution in [0.2, 0.25) is 0 Å². The number of hydrogen-bond donors (Lipinski definition) is 1. The molecule has 2 aliphatic rings. The standard InChI is InChI=1S/C22H21N3O3S/c1-15-4-2-3-5-19(15)25-21(27)18(20(26)23-22(25)29)14-16-6-8-17(9-7-16)24-10-12-28-13-11-24/h2-9,14H,10-13H2,1H3,(H,23,26,29)/b18-14+. The average molecular weight is 407 g/mol. The normalized spacial score (nSPS) is 18.9. The zero-order valence-electron chi connectivity index (χ0n) is 16.1. The van der Waals surface area contributed by atoms with Crippen molar-refractivity contribution in [2.24, 2.45) is 0 Å². The highest BCUT2D eigenvalue weighted by Crippen LogP contribution is 2.25. The molecule has 2 saturated heterocycles. The van der Waals surface area contributed by atoms with Crippen LogP contribution in [0.1, 0.15) is 11.1 Å². The molecule has 0 radical (unpaired) electrons. The molecule has 2 aliphatic heterocycles. The number of aryl methyl sites for hydroxylation is 1. The minimum Gasteiger partial charge on any atom is -0.378 e. The Labute approximate surface area is 174 Å². The number of benzene rings is 2. The highest BCUT2D eigenvalue weighted by Gasteiger charge is 2.34. The summed E-state index contributed by atoms with van der Waals surface area (Å²) < 4.78 is 5.38. The zero-order valence-corrected chi connectivity index (χ0v) is 16.9. The number of ether oxygens (including phenoxy) is 1. The van der Waals surface area contributed by atoms with Gasteiger partial charge < -0.3 is 9.64 Å². The van der Waals surface area contributed by atoms with Crippen molar-refractivity contribution >= 4 is 46.6 Å². The summed E-state index contributed by atoms with van der Waals surface area (Å²) in [7, 11) is 0. The fraction of sp³-hybridized carbons (Fsp3) is 0.227. The third-order valence-electron chi connectivity index (χ3n) is 5.04. The number of amides is 2. The first-order chi connectivity index (χ1) is 14.0. The highest BCUT2D eigenvalue weighted by molar-refractivity contribution is 7.80. The molecule has 0 unspecified atom stereocenters. The summed E-state index contributed by atoms with van der Waals surface area (Å²) in [6.45, 7) is 5.04. The third kappa shape index (κ3) is 3.92. The second kappa shape index (κ2) is 8.14. The zero-order chi connectivity index (χ0) is 20.4. The Kier molecular flexibility index (Phi) is 5.42. The SMILES string of the molecule is Cc1ccccc1N1C(=O)/C(=C/c2ccc(N3CCOCC3)cc2)C(=O)NC1=S. The van der Waals surface area contributed by atoms with Crippen LogP contribution in [0.5, 0.6) is 0 Å². The number of thiocarbonyl (C=S) groups is 1. The van der Waals surface area contributed by atoms with Crippen LogP contribution in [0.3, 0.4) is 0 Å². The van der Waals surface area contributed by atoms with Crippen LogP contribution in [0.25, 0.3) is 6.08 Å². The van der Waals surface area contributed by atoms with E-state index in [1.807, 2.05) is 55.5 Å². The molecule has 4 rings (SSSR count). The summed E-state index contributed by atoms with van der Waals surface area (Å²) >= 11 is 5.26. The lowest BCUT2D eigenvalue weighted by Gasteiger charge is -2.30. The second-order valence-electron chi connectivity index (χ2n) is 6.94. The van der Waals surface area contributed by atoms with E-state index in [-0.39, 0.29) is 10.7 Å². The number of hydrogen-bond acceptors (Lipinski definition) is 5. The first-order valence-corrected chi connectivity index (χ1v) is 9.85. The van der Waals surface area contributed by atoms with Gasteiger partial charge in [-0.05, 0) is 54.5 Å². The van der Waals surface area contributed by atoms with Gasteiger partial charge in [0.2, 0.25) is 0 Å². The molecule has 1 N–H and O–H groups in total. The molecule has 2 aromatic carbocycles. The molecule has 2 heterocycles. The minimum absolute atomic E-state index is 0.0565. The van der Waals surface area contributed by atoms with Crippen molar-refractivity contribution < 1.29 is 14.3 Å². The third-order valence-corrected chi connectivity index (χ3v) is 5.32. The van der Waals surface area contributed by atoms with Crippen LogP contribution in [0.15, 0.2) is 54.1 Å². The number of carbonyl (C=O) groups is 2. The van der Waals surface area contributed by atoms with E-state index in [1.165, 1.54) is 4.90 Å². The Morgan fingerprint density at radius 2 is 1.72 bits per heavy atom. The summed E-state index contributed by atoms with van der Waals surface area (Å²) in [6, 6.07) is 15.2.